The van der Waals surface area contributed by atoms with Crippen LogP contribution >= 0.6 is 0 Å². The maximum Gasteiger partial charge on any atom is 0.227 e. The molecule has 0 radical (unpaired) electrons. The molecular formula is C20H28N2O3. The Hall–Kier alpha value is -1.88. The first-order chi connectivity index (χ1) is 12.1. The summed E-state index contributed by atoms with van der Waals surface area (Å²) >= 11 is 0. The molecule has 2 amide bonds. The van der Waals surface area contributed by atoms with Gasteiger partial charge >= 0.3 is 0 Å². The summed E-state index contributed by atoms with van der Waals surface area (Å²) in [5, 5.41) is 2.99. The van der Waals surface area contributed by atoms with E-state index in [1.54, 1.807) is 7.11 Å². The summed E-state index contributed by atoms with van der Waals surface area (Å²) in [5.74, 6) is 0.333. The largest absolute Gasteiger partial charge is 0.383 e. The van der Waals surface area contributed by atoms with E-state index in [2.05, 4.69) is 5.32 Å². The van der Waals surface area contributed by atoms with Gasteiger partial charge in [0.15, 0.2) is 0 Å². The summed E-state index contributed by atoms with van der Waals surface area (Å²) in [6.07, 6.45) is 4.44. The summed E-state index contributed by atoms with van der Waals surface area (Å²) in [6.45, 7) is 2.58. The molecule has 1 saturated carbocycles. The Balaban J connectivity index is 1.59. The summed E-state index contributed by atoms with van der Waals surface area (Å²) in [5.41, 5.74) is 1.03. The van der Waals surface area contributed by atoms with Gasteiger partial charge in [0.25, 0.3) is 0 Å². The molecule has 1 spiro atoms. The molecule has 5 nitrogen and oxygen atoms in total. The molecule has 2 atom stereocenters. The molecule has 136 valence electrons. The number of carbonyl (C=O) groups excluding carboxylic acids is 2. The Labute approximate surface area is 149 Å². The van der Waals surface area contributed by atoms with E-state index in [4.69, 9.17) is 4.74 Å². The minimum absolute atomic E-state index is 0.0243. The lowest BCUT2D eigenvalue weighted by Gasteiger charge is -2.30. The molecule has 5 heteroatoms. The predicted octanol–water partition coefficient (Wildman–Crippen LogP) is 2.01. The second kappa shape index (κ2) is 8.00. The molecule has 1 aliphatic heterocycles. The van der Waals surface area contributed by atoms with Gasteiger partial charge in [-0.25, -0.2) is 0 Å². The lowest BCUT2D eigenvalue weighted by Crippen LogP contribution is -2.42. The summed E-state index contributed by atoms with van der Waals surface area (Å²) in [6, 6.07) is 9.87. The average molecular weight is 344 g/mol. The SMILES string of the molecule is COCCNC(=O)[C@@H]1CCC[C@@]12CCN(C(=O)Cc1ccccc1)C2. The van der Waals surface area contributed by atoms with Crippen molar-refractivity contribution < 1.29 is 14.3 Å². The number of ether oxygens (including phenoxy) is 1. The van der Waals surface area contributed by atoms with Crippen LogP contribution in [0.3, 0.4) is 0 Å². The molecule has 1 N–H and O–H groups in total. The molecule has 1 saturated heterocycles. The van der Waals surface area contributed by atoms with Gasteiger partial charge in [0.2, 0.25) is 11.8 Å². The highest BCUT2D eigenvalue weighted by Gasteiger charge is 2.51. The Morgan fingerprint density at radius 1 is 1.28 bits per heavy atom. The van der Waals surface area contributed by atoms with E-state index in [1.807, 2.05) is 35.2 Å². The summed E-state index contributed by atoms with van der Waals surface area (Å²) in [7, 11) is 1.64. The second-order valence-corrected chi connectivity index (χ2v) is 7.32. The molecular weight excluding hydrogens is 316 g/mol. The molecule has 3 rings (SSSR count). The number of nitrogens with zero attached hydrogens (tertiary/aromatic N) is 1. The van der Waals surface area contributed by atoms with E-state index >= 15 is 0 Å². The van der Waals surface area contributed by atoms with Crippen LogP contribution in [0.1, 0.15) is 31.2 Å². The zero-order valence-corrected chi connectivity index (χ0v) is 15.0. The smallest absolute Gasteiger partial charge is 0.227 e. The fraction of sp³-hybridized carbons (Fsp3) is 0.600. The number of hydrogen-bond acceptors (Lipinski definition) is 3. The highest BCUT2D eigenvalue weighted by molar-refractivity contribution is 5.81. The lowest BCUT2D eigenvalue weighted by molar-refractivity contribution is -0.132. The summed E-state index contributed by atoms with van der Waals surface area (Å²) < 4.78 is 5.01. The molecule has 0 unspecified atom stereocenters. The third-order valence-electron chi connectivity index (χ3n) is 5.76. The molecule has 0 bridgehead atoms. The number of nitrogens with one attached hydrogen (secondary N) is 1. The standard InChI is InChI=1S/C20H28N2O3/c1-25-13-11-21-19(24)17-8-5-9-20(17)10-12-22(15-20)18(23)14-16-6-3-2-4-7-16/h2-4,6-7,17H,5,8-15H2,1H3,(H,21,24)/t17-,20-/m0/s1. The predicted molar refractivity (Wildman–Crippen MR) is 96.0 cm³/mol. The van der Waals surface area contributed by atoms with Crippen LogP contribution in [0.2, 0.25) is 0 Å². The molecule has 1 heterocycles. The number of carbonyl (C=O) groups is 2. The fourth-order valence-corrected chi connectivity index (χ4v) is 4.43. The molecule has 2 fully saturated rings. The van der Waals surface area contributed by atoms with E-state index in [0.29, 0.717) is 19.6 Å². The molecule has 25 heavy (non-hydrogen) atoms. The van der Waals surface area contributed by atoms with Gasteiger partial charge in [-0.2, -0.15) is 0 Å². The van der Waals surface area contributed by atoms with Crippen molar-refractivity contribution >= 4 is 11.8 Å². The maximum atomic E-state index is 12.7. The topological polar surface area (TPSA) is 58.6 Å². The Morgan fingerprint density at radius 2 is 2.08 bits per heavy atom. The zero-order valence-electron chi connectivity index (χ0n) is 15.0. The van der Waals surface area contributed by atoms with E-state index in [9.17, 15) is 9.59 Å². The quantitative estimate of drug-likeness (QED) is 0.803. The van der Waals surface area contributed by atoms with Gasteiger partial charge in [0.05, 0.1) is 13.0 Å². The van der Waals surface area contributed by atoms with Crippen molar-refractivity contribution in [1.29, 1.82) is 0 Å². The van der Waals surface area contributed by atoms with Crippen LogP contribution in [0.25, 0.3) is 0 Å². The highest BCUT2D eigenvalue weighted by atomic mass is 16.5. The number of methoxy groups -OCH3 is 1. The Morgan fingerprint density at radius 3 is 2.84 bits per heavy atom. The minimum atomic E-state index is -0.0243. The van der Waals surface area contributed by atoms with Gasteiger partial charge in [-0.1, -0.05) is 36.8 Å². The van der Waals surface area contributed by atoms with Gasteiger partial charge in [0.1, 0.15) is 0 Å². The van der Waals surface area contributed by atoms with E-state index in [-0.39, 0.29) is 23.1 Å². The zero-order chi connectivity index (χ0) is 17.7. The van der Waals surface area contributed by atoms with Crippen LogP contribution < -0.4 is 5.32 Å². The normalized spacial score (nSPS) is 25.5. The van der Waals surface area contributed by atoms with Crippen LogP contribution in [0.5, 0.6) is 0 Å². The van der Waals surface area contributed by atoms with Gasteiger partial charge in [-0.05, 0) is 24.8 Å². The number of rotatable bonds is 6. The molecule has 2 aliphatic rings. The first kappa shape index (κ1) is 17.9. The lowest BCUT2D eigenvalue weighted by atomic mass is 9.76. The third-order valence-corrected chi connectivity index (χ3v) is 5.76. The van der Waals surface area contributed by atoms with Crippen molar-refractivity contribution in [2.45, 2.75) is 32.1 Å². The van der Waals surface area contributed by atoms with Gasteiger partial charge in [-0.15, -0.1) is 0 Å². The first-order valence-corrected chi connectivity index (χ1v) is 9.23. The number of benzene rings is 1. The Kier molecular flexibility index (Phi) is 5.74. The molecule has 1 aromatic rings. The van der Waals surface area contributed by atoms with E-state index in [0.717, 1.165) is 44.3 Å². The minimum Gasteiger partial charge on any atom is -0.383 e. The van der Waals surface area contributed by atoms with Crippen molar-refractivity contribution in [1.82, 2.24) is 10.2 Å². The highest BCUT2D eigenvalue weighted by Crippen LogP contribution is 2.49. The first-order valence-electron chi connectivity index (χ1n) is 9.23. The number of amides is 2. The van der Waals surface area contributed by atoms with Crippen LogP contribution in [-0.4, -0.2) is 50.1 Å². The number of hydrogen-bond donors (Lipinski definition) is 1. The van der Waals surface area contributed by atoms with Crippen molar-refractivity contribution in [3.8, 4) is 0 Å². The maximum absolute atomic E-state index is 12.7. The molecule has 1 aromatic carbocycles. The monoisotopic (exact) mass is 344 g/mol. The molecule has 1 aliphatic carbocycles. The Bertz CT molecular complexity index is 604. The third kappa shape index (κ3) is 4.03. The van der Waals surface area contributed by atoms with Gasteiger partial charge < -0.3 is 15.0 Å². The van der Waals surface area contributed by atoms with Gasteiger partial charge in [0, 0.05) is 38.1 Å². The van der Waals surface area contributed by atoms with Crippen LogP contribution in [0.15, 0.2) is 30.3 Å². The van der Waals surface area contributed by atoms with Gasteiger partial charge in [-0.3, -0.25) is 9.59 Å². The van der Waals surface area contributed by atoms with Crippen molar-refractivity contribution in [3.05, 3.63) is 35.9 Å². The molecule has 0 aromatic heterocycles. The van der Waals surface area contributed by atoms with Crippen LogP contribution in [0, 0.1) is 11.3 Å². The van der Waals surface area contributed by atoms with Crippen molar-refractivity contribution in [2.75, 3.05) is 33.4 Å². The van der Waals surface area contributed by atoms with Crippen LogP contribution in [0.4, 0.5) is 0 Å². The fourth-order valence-electron chi connectivity index (χ4n) is 4.43. The van der Waals surface area contributed by atoms with E-state index < -0.39 is 0 Å². The number of likely N-dealkylation sites (tertiary alicyclic amines) is 1. The second-order valence-electron chi connectivity index (χ2n) is 7.32. The summed E-state index contributed by atoms with van der Waals surface area (Å²) in [4.78, 5) is 27.2. The van der Waals surface area contributed by atoms with Crippen molar-refractivity contribution in [2.24, 2.45) is 11.3 Å². The van der Waals surface area contributed by atoms with E-state index in [1.165, 1.54) is 0 Å². The average Bonchev–Trinajstić information content (AvgIpc) is 3.23. The van der Waals surface area contributed by atoms with Crippen molar-refractivity contribution in [3.63, 3.8) is 0 Å². The van der Waals surface area contributed by atoms with Crippen LogP contribution in [-0.2, 0) is 20.7 Å².